The highest BCUT2D eigenvalue weighted by Crippen LogP contribution is 2.32. The van der Waals surface area contributed by atoms with E-state index in [0.29, 0.717) is 33.9 Å². The van der Waals surface area contributed by atoms with Crippen LogP contribution in [0, 0.1) is 19.7 Å². The second-order valence-corrected chi connectivity index (χ2v) is 6.16. The van der Waals surface area contributed by atoms with Crippen molar-refractivity contribution >= 4 is 34.7 Å². The summed E-state index contributed by atoms with van der Waals surface area (Å²) < 4.78 is 19.2. The molecule has 7 heteroatoms. The molecule has 0 aliphatic carbocycles. The molecule has 0 aliphatic heterocycles. The molecule has 0 radical (unpaired) electrons. The van der Waals surface area contributed by atoms with Gasteiger partial charge in [0.25, 0.3) is 0 Å². The molecule has 1 heterocycles. The highest BCUT2D eigenvalue weighted by Gasteiger charge is 2.10. The van der Waals surface area contributed by atoms with E-state index in [-0.39, 0.29) is 5.82 Å². The molecule has 1 aromatic heterocycles. The van der Waals surface area contributed by atoms with E-state index < -0.39 is 0 Å². The SMILES string of the molecule is COc1cc(Cl)c(C)cc1Nc1nc(C)cc(Nc2ccccc2F)n1. The number of nitrogens with zero attached hydrogens (tertiary/aromatic N) is 2. The Labute approximate surface area is 156 Å². The van der Waals surface area contributed by atoms with Crippen molar-refractivity contribution in [2.24, 2.45) is 0 Å². The summed E-state index contributed by atoms with van der Waals surface area (Å²) in [4.78, 5) is 8.78. The molecule has 0 aliphatic rings. The van der Waals surface area contributed by atoms with Crippen LogP contribution in [0.1, 0.15) is 11.3 Å². The van der Waals surface area contributed by atoms with Crippen LogP contribution in [0.3, 0.4) is 0 Å². The van der Waals surface area contributed by atoms with E-state index in [1.54, 1.807) is 37.4 Å². The molecule has 0 amide bonds. The average molecular weight is 373 g/mol. The van der Waals surface area contributed by atoms with Crippen molar-refractivity contribution in [2.75, 3.05) is 17.7 Å². The highest BCUT2D eigenvalue weighted by molar-refractivity contribution is 6.31. The Morgan fingerprint density at radius 3 is 2.50 bits per heavy atom. The van der Waals surface area contributed by atoms with Crippen LogP contribution >= 0.6 is 11.6 Å². The second kappa shape index (κ2) is 7.58. The monoisotopic (exact) mass is 372 g/mol. The summed E-state index contributed by atoms with van der Waals surface area (Å²) >= 11 is 6.14. The summed E-state index contributed by atoms with van der Waals surface area (Å²) in [6, 6.07) is 11.7. The molecule has 0 unspecified atom stereocenters. The zero-order chi connectivity index (χ0) is 18.7. The zero-order valence-corrected chi connectivity index (χ0v) is 15.4. The lowest BCUT2D eigenvalue weighted by atomic mass is 10.2. The molecule has 2 N–H and O–H groups in total. The van der Waals surface area contributed by atoms with Crippen molar-refractivity contribution in [3.05, 3.63) is 64.6 Å². The number of methoxy groups -OCH3 is 1. The minimum absolute atomic E-state index is 0.344. The minimum atomic E-state index is -0.353. The normalized spacial score (nSPS) is 10.5. The van der Waals surface area contributed by atoms with Crippen molar-refractivity contribution in [2.45, 2.75) is 13.8 Å². The van der Waals surface area contributed by atoms with E-state index in [1.165, 1.54) is 6.07 Å². The number of hydrogen-bond donors (Lipinski definition) is 2. The molecular weight excluding hydrogens is 355 g/mol. The Kier molecular flexibility index (Phi) is 5.23. The molecule has 5 nitrogen and oxygen atoms in total. The van der Waals surface area contributed by atoms with Crippen molar-refractivity contribution < 1.29 is 9.13 Å². The topological polar surface area (TPSA) is 59.1 Å². The first-order chi connectivity index (χ1) is 12.5. The van der Waals surface area contributed by atoms with Crippen LogP contribution < -0.4 is 15.4 Å². The molecule has 0 spiro atoms. The molecule has 26 heavy (non-hydrogen) atoms. The Hall–Kier alpha value is -2.86. The predicted octanol–water partition coefficient (Wildman–Crippen LogP) is 5.38. The van der Waals surface area contributed by atoms with Gasteiger partial charge >= 0.3 is 0 Å². The van der Waals surface area contributed by atoms with Crippen molar-refractivity contribution in [1.29, 1.82) is 0 Å². The van der Waals surface area contributed by atoms with E-state index in [4.69, 9.17) is 16.3 Å². The zero-order valence-electron chi connectivity index (χ0n) is 14.6. The van der Waals surface area contributed by atoms with Gasteiger partial charge in [-0.1, -0.05) is 23.7 Å². The van der Waals surface area contributed by atoms with Gasteiger partial charge in [0, 0.05) is 22.8 Å². The molecule has 0 saturated heterocycles. The number of rotatable bonds is 5. The van der Waals surface area contributed by atoms with Crippen molar-refractivity contribution in [1.82, 2.24) is 9.97 Å². The van der Waals surface area contributed by atoms with Gasteiger partial charge in [-0.25, -0.2) is 9.37 Å². The van der Waals surface area contributed by atoms with Crippen molar-refractivity contribution in [3.8, 4) is 5.75 Å². The van der Waals surface area contributed by atoms with Gasteiger partial charge in [0.15, 0.2) is 0 Å². The fourth-order valence-electron chi connectivity index (χ4n) is 2.44. The summed E-state index contributed by atoms with van der Waals surface area (Å²) in [5.41, 5.74) is 2.66. The lowest BCUT2D eigenvalue weighted by Crippen LogP contribution is -2.04. The third kappa shape index (κ3) is 4.03. The lowest BCUT2D eigenvalue weighted by Gasteiger charge is -2.14. The molecule has 3 rings (SSSR count). The van der Waals surface area contributed by atoms with Gasteiger partial charge in [0.05, 0.1) is 18.5 Å². The molecule has 134 valence electrons. The average Bonchev–Trinajstić information content (AvgIpc) is 2.59. The molecule has 0 fully saturated rings. The molecule has 2 aromatic carbocycles. The van der Waals surface area contributed by atoms with Crippen LogP contribution in [0.5, 0.6) is 5.75 Å². The number of benzene rings is 2. The van der Waals surface area contributed by atoms with E-state index in [0.717, 1.165) is 11.3 Å². The van der Waals surface area contributed by atoms with Gasteiger partial charge in [0.2, 0.25) is 5.95 Å². The van der Waals surface area contributed by atoms with Gasteiger partial charge in [-0.15, -0.1) is 0 Å². The summed E-state index contributed by atoms with van der Waals surface area (Å²) in [7, 11) is 1.56. The molecule has 0 bridgehead atoms. The van der Waals surface area contributed by atoms with Gasteiger partial charge in [-0.2, -0.15) is 4.98 Å². The Morgan fingerprint density at radius 1 is 1.00 bits per heavy atom. The summed E-state index contributed by atoms with van der Waals surface area (Å²) in [5.74, 6) is 1.07. The third-order valence-electron chi connectivity index (χ3n) is 3.72. The Bertz CT molecular complexity index is 949. The molecule has 0 saturated carbocycles. The van der Waals surface area contributed by atoms with Crippen molar-refractivity contribution in [3.63, 3.8) is 0 Å². The first kappa shape index (κ1) is 17.9. The number of para-hydroxylation sites is 1. The largest absolute Gasteiger partial charge is 0.495 e. The van der Waals surface area contributed by atoms with Crippen LogP contribution in [0.2, 0.25) is 5.02 Å². The van der Waals surface area contributed by atoms with Crippen LogP contribution in [0.15, 0.2) is 42.5 Å². The highest BCUT2D eigenvalue weighted by atomic mass is 35.5. The number of aromatic nitrogens is 2. The number of aryl methyl sites for hydroxylation is 2. The van der Waals surface area contributed by atoms with Crippen LogP contribution in [0.4, 0.5) is 27.5 Å². The van der Waals surface area contributed by atoms with E-state index in [1.807, 2.05) is 19.9 Å². The Morgan fingerprint density at radius 2 is 1.77 bits per heavy atom. The van der Waals surface area contributed by atoms with Gasteiger partial charge in [-0.05, 0) is 37.6 Å². The smallest absolute Gasteiger partial charge is 0.229 e. The summed E-state index contributed by atoms with van der Waals surface area (Å²) in [6.45, 7) is 3.74. The fourth-order valence-corrected chi connectivity index (χ4v) is 2.59. The van der Waals surface area contributed by atoms with Gasteiger partial charge in [0.1, 0.15) is 17.4 Å². The van der Waals surface area contributed by atoms with E-state index in [2.05, 4.69) is 20.6 Å². The summed E-state index contributed by atoms with van der Waals surface area (Å²) in [5, 5.41) is 6.71. The van der Waals surface area contributed by atoms with Crippen LogP contribution in [0.25, 0.3) is 0 Å². The molecule has 0 atom stereocenters. The summed E-state index contributed by atoms with van der Waals surface area (Å²) in [6.07, 6.45) is 0. The maximum Gasteiger partial charge on any atom is 0.229 e. The van der Waals surface area contributed by atoms with Crippen LogP contribution in [-0.2, 0) is 0 Å². The van der Waals surface area contributed by atoms with E-state index in [9.17, 15) is 4.39 Å². The maximum atomic E-state index is 13.9. The first-order valence-corrected chi connectivity index (χ1v) is 8.32. The third-order valence-corrected chi connectivity index (χ3v) is 4.13. The number of hydrogen-bond acceptors (Lipinski definition) is 5. The fraction of sp³-hybridized carbons (Fsp3) is 0.158. The minimum Gasteiger partial charge on any atom is -0.495 e. The van der Waals surface area contributed by atoms with Gasteiger partial charge < -0.3 is 15.4 Å². The number of ether oxygens (including phenoxy) is 1. The second-order valence-electron chi connectivity index (χ2n) is 5.75. The number of halogens is 2. The predicted molar refractivity (Wildman–Crippen MR) is 102 cm³/mol. The quantitative estimate of drug-likeness (QED) is 0.629. The maximum absolute atomic E-state index is 13.9. The first-order valence-electron chi connectivity index (χ1n) is 7.94. The molecule has 3 aromatic rings. The van der Waals surface area contributed by atoms with Gasteiger partial charge in [-0.3, -0.25) is 0 Å². The Balaban J connectivity index is 1.91. The van der Waals surface area contributed by atoms with E-state index >= 15 is 0 Å². The molecular formula is C19H18ClFN4O. The number of nitrogens with one attached hydrogen (secondary N) is 2. The van der Waals surface area contributed by atoms with Crippen LogP contribution in [-0.4, -0.2) is 17.1 Å². The number of anilines is 4. The standard InChI is InChI=1S/C19H18ClFN4O/c1-11-8-16(17(26-3)10-13(11)20)24-19-22-12(2)9-18(25-19)23-15-7-5-4-6-14(15)21/h4-10H,1-3H3,(H2,22,23,24,25). The lowest BCUT2D eigenvalue weighted by molar-refractivity contribution is 0.416.